The van der Waals surface area contributed by atoms with Crippen molar-refractivity contribution in [3.8, 4) is 40.4 Å². The number of phosphoric ester groups is 1. The molecule has 2 aliphatic heterocycles. The smallest absolute Gasteiger partial charge is 0.479 e. The highest BCUT2D eigenvalue weighted by atomic mass is 31.2. The van der Waals surface area contributed by atoms with Crippen molar-refractivity contribution in [3.05, 3.63) is 54.9 Å². The van der Waals surface area contributed by atoms with Crippen LogP contribution in [0.3, 0.4) is 0 Å². The predicted octanol–water partition coefficient (Wildman–Crippen LogP) is 3.64. The minimum atomic E-state index is -4.47. The van der Waals surface area contributed by atoms with Crippen molar-refractivity contribution < 1.29 is 46.9 Å². The van der Waals surface area contributed by atoms with E-state index in [2.05, 4.69) is 21.5 Å². The summed E-state index contributed by atoms with van der Waals surface area (Å²) in [6.45, 7) is 3.90. The Morgan fingerprint density at radius 2 is 1.70 bits per heavy atom. The number of benzene rings is 2. The zero-order chi connectivity index (χ0) is 29.7. The molecule has 0 unspecified atom stereocenters. The molecule has 2 aromatic heterocycles. The molecule has 224 valence electrons. The van der Waals surface area contributed by atoms with E-state index in [4.69, 9.17) is 43.0 Å². The Hall–Kier alpha value is -4.72. The Kier molecular flexibility index (Phi) is 6.64. The van der Waals surface area contributed by atoms with E-state index in [0.717, 1.165) is 0 Å². The first kappa shape index (κ1) is 27.1. The molecule has 3 aliphatic rings. The van der Waals surface area contributed by atoms with E-state index in [1.54, 1.807) is 47.3 Å². The molecule has 16 heteroatoms. The molecule has 0 saturated heterocycles. The number of rotatable bonds is 9. The van der Waals surface area contributed by atoms with Crippen molar-refractivity contribution in [2.24, 2.45) is 5.92 Å². The summed E-state index contributed by atoms with van der Waals surface area (Å²) in [5, 5.41) is 11.1. The number of phosphoric acid groups is 1. The highest BCUT2D eigenvalue weighted by Crippen LogP contribution is 2.57. The van der Waals surface area contributed by atoms with E-state index in [1.807, 2.05) is 0 Å². The van der Waals surface area contributed by atoms with Crippen LogP contribution in [-0.2, 0) is 9.09 Å². The van der Waals surface area contributed by atoms with Crippen LogP contribution >= 0.6 is 7.82 Å². The summed E-state index contributed by atoms with van der Waals surface area (Å²) in [7, 11) is -3.01. The van der Waals surface area contributed by atoms with Crippen molar-refractivity contribution in [2.75, 3.05) is 33.0 Å². The Morgan fingerprint density at radius 1 is 1.05 bits per heavy atom. The van der Waals surface area contributed by atoms with Gasteiger partial charge in [0.05, 0.1) is 32.2 Å². The number of aliphatic hydroxyl groups excluding tert-OH is 1. The van der Waals surface area contributed by atoms with Gasteiger partial charge in [-0.05, 0) is 36.3 Å². The summed E-state index contributed by atoms with van der Waals surface area (Å²) >= 11 is 0. The molecule has 15 nitrogen and oxygen atoms in total. The number of fused-ring (bicyclic) bond motifs is 3. The molecule has 1 saturated carbocycles. The summed E-state index contributed by atoms with van der Waals surface area (Å²) < 4.78 is 60.8. The molecule has 1 aliphatic carbocycles. The third kappa shape index (κ3) is 4.80. The molecule has 0 amide bonds. The molecule has 3 atom stereocenters. The van der Waals surface area contributed by atoms with Gasteiger partial charge in [0, 0.05) is 5.92 Å². The van der Waals surface area contributed by atoms with Gasteiger partial charge in [0.25, 0.3) is 0 Å². The SMILES string of the molecule is C=C1[C@@H](COP(=O)(Oc2cccc3c2OCO3)Oc2cccc3c2OCO3)[C@H](O)C[C@H]1n1cnc2c(OC)nc(N)nc21. The lowest BCUT2D eigenvalue weighted by Gasteiger charge is -2.23. The van der Waals surface area contributed by atoms with Gasteiger partial charge >= 0.3 is 7.82 Å². The monoisotopic (exact) mass is 611 g/mol. The number of nitrogen functional groups attached to an aromatic ring is 1. The van der Waals surface area contributed by atoms with E-state index in [9.17, 15) is 9.67 Å². The van der Waals surface area contributed by atoms with Gasteiger partial charge < -0.3 is 48.1 Å². The van der Waals surface area contributed by atoms with Crippen LogP contribution < -0.4 is 38.5 Å². The van der Waals surface area contributed by atoms with Crippen LogP contribution in [0.5, 0.6) is 40.4 Å². The van der Waals surface area contributed by atoms with Crippen LogP contribution in [0.4, 0.5) is 5.95 Å². The Morgan fingerprint density at radius 3 is 2.33 bits per heavy atom. The molecule has 0 bridgehead atoms. The first-order valence-corrected chi connectivity index (χ1v) is 14.6. The third-order valence-electron chi connectivity index (χ3n) is 7.32. The lowest BCUT2D eigenvalue weighted by atomic mass is 10.0. The molecule has 4 aromatic rings. The van der Waals surface area contributed by atoms with Gasteiger partial charge in [-0.25, -0.2) is 9.55 Å². The van der Waals surface area contributed by atoms with E-state index < -0.39 is 25.9 Å². The zero-order valence-electron chi connectivity index (χ0n) is 22.7. The molecule has 2 aromatic carbocycles. The lowest BCUT2D eigenvalue weighted by molar-refractivity contribution is 0.0963. The van der Waals surface area contributed by atoms with Gasteiger partial charge in [0.15, 0.2) is 34.2 Å². The summed E-state index contributed by atoms with van der Waals surface area (Å²) in [6, 6.07) is 9.34. The quantitative estimate of drug-likeness (QED) is 0.207. The fourth-order valence-electron chi connectivity index (χ4n) is 5.26. The van der Waals surface area contributed by atoms with Gasteiger partial charge in [0.1, 0.15) is 0 Å². The number of anilines is 1. The molecule has 1 fully saturated rings. The number of hydrogen-bond acceptors (Lipinski definition) is 14. The number of aliphatic hydroxyl groups is 1. The van der Waals surface area contributed by atoms with E-state index in [0.29, 0.717) is 28.2 Å². The molecule has 0 radical (unpaired) electrons. The number of para-hydroxylation sites is 2. The number of nitrogens with zero attached hydrogens (tertiary/aromatic N) is 4. The van der Waals surface area contributed by atoms with Crippen LogP contribution in [0.1, 0.15) is 12.5 Å². The first-order valence-electron chi connectivity index (χ1n) is 13.2. The van der Waals surface area contributed by atoms with E-state index in [-0.39, 0.29) is 61.4 Å². The predicted molar refractivity (Wildman–Crippen MR) is 149 cm³/mol. The number of hydrogen-bond donors (Lipinski definition) is 2. The Labute approximate surface area is 244 Å². The molecule has 0 spiro atoms. The van der Waals surface area contributed by atoms with Crippen LogP contribution in [0, 0.1) is 5.92 Å². The third-order valence-corrected chi connectivity index (χ3v) is 8.63. The molecule has 3 N–H and O–H groups in total. The van der Waals surface area contributed by atoms with Crippen molar-refractivity contribution >= 4 is 24.9 Å². The Bertz CT molecular complexity index is 1720. The zero-order valence-corrected chi connectivity index (χ0v) is 23.6. The second-order valence-corrected chi connectivity index (χ2v) is 11.3. The molecule has 43 heavy (non-hydrogen) atoms. The summed E-state index contributed by atoms with van der Waals surface area (Å²) in [4.78, 5) is 12.7. The van der Waals surface area contributed by atoms with Crippen LogP contribution in [-0.4, -0.2) is 58.0 Å². The normalized spacial score (nSPS) is 20.5. The highest BCUT2D eigenvalue weighted by molar-refractivity contribution is 7.49. The average Bonchev–Trinajstić information content (AvgIpc) is 3.79. The Balaban J connectivity index is 1.16. The maximum atomic E-state index is 14.3. The van der Waals surface area contributed by atoms with E-state index in [1.165, 1.54) is 7.11 Å². The number of methoxy groups -OCH3 is 1. The van der Waals surface area contributed by atoms with Crippen LogP contribution in [0.15, 0.2) is 54.9 Å². The number of ether oxygens (including phenoxy) is 5. The highest BCUT2D eigenvalue weighted by Gasteiger charge is 2.43. The molecule has 4 heterocycles. The maximum absolute atomic E-state index is 14.3. The fraction of sp³-hybridized carbons (Fsp3) is 0.296. The van der Waals surface area contributed by atoms with E-state index >= 15 is 0 Å². The first-order chi connectivity index (χ1) is 20.8. The van der Waals surface area contributed by atoms with Gasteiger partial charge in [-0.2, -0.15) is 9.97 Å². The second-order valence-electron chi connectivity index (χ2n) is 9.82. The minimum Gasteiger partial charge on any atom is -0.479 e. The van der Waals surface area contributed by atoms with Gasteiger partial charge in [0.2, 0.25) is 36.9 Å². The number of imidazole rings is 1. The van der Waals surface area contributed by atoms with Crippen molar-refractivity contribution in [2.45, 2.75) is 18.6 Å². The van der Waals surface area contributed by atoms with Gasteiger partial charge in [-0.3, -0.25) is 4.52 Å². The minimum absolute atomic E-state index is 0.00827. The fourth-order valence-corrected chi connectivity index (χ4v) is 6.52. The van der Waals surface area contributed by atoms with Crippen LogP contribution in [0.2, 0.25) is 0 Å². The standard InChI is InChI=1S/C27H26N5O10P/c1-14-15(17(33)9-16(14)32-11-29-22-25(32)30-27(28)31-26(22)35-2)10-40-43(34,41-20-7-3-5-18-23(20)38-12-36-18)42-21-8-4-6-19-24(21)39-13-37-19/h3-8,11,15-17,33H,1,9-10,12-13H2,2H3,(H2,28,30,31)/t15-,16-,17-/m1/s1. The lowest BCUT2D eigenvalue weighted by Crippen LogP contribution is -2.21. The topological polar surface area (TPSA) is 181 Å². The molecular weight excluding hydrogens is 585 g/mol. The van der Waals surface area contributed by atoms with Gasteiger partial charge in [-0.1, -0.05) is 18.7 Å². The molecule has 7 rings (SSSR count). The number of aromatic nitrogens is 4. The largest absolute Gasteiger partial charge is 0.587 e. The van der Waals surface area contributed by atoms with Crippen molar-refractivity contribution in [3.63, 3.8) is 0 Å². The number of nitrogens with two attached hydrogens (primary N) is 1. The average molecular weight is 612 g/mol. The second kappa shape index (κ2) is 10.5. The maximum Gasteiger partial charge on any atom is 0.587 e. The van der Waals surface area contributed by atoms with Crippen molar-refractivity contribution in [1.82, 2.24) is 19.5 Å². The summed E-state index contributed by atoms with van der Waals surface area (Å²) in [5.74, 6) is 1.08. The summed E-state index contributed by atoms with van der Waals surface area (Å²) in [6.07, 6.45) is 0.894. The van der Waals surface area contributed by atoms with Crippen molar-refractivity contribution in [1.29, 1.82) is 0 Å². The summed E-state index contributed by atoms with van der Waals surface area (Å²) in [5.41, 5.74) is 7.29. The molecular formula is C27H26N5O10P. The van der Waals surface area contributed by atoms with Crippen LogP contribution in [0.25, 0.3) is 11.2 Å². The van der Waals surface area contributed by atoms with Gasteiger partial charge in [-0.15, -0.1) is 0 Å².